The van der Waals surface area contributed by atoms with Gasteiger partial charge in [0.15, 0.2) is 11.2 Å². The van der Waals surface area contributed by atoms with E-state index in [9.17, 15) is 19.2 Å². The van der Waals surface area contributed by atoms with Gasteiger partial charge in [0.25, 0.3) is 0 Å². The molecule has 0 amide bonds. The highest BCUT2D eigenvalue weighted by molar-refractivity contribution is 6.07. The molecule has 166 valence electrons. The summed E-state index contributed by atoms with van der Waals surface area (Å²) in [6.45, 7) is 5.19. The molecular weight excluding hydrogens is 396 g/mol. The molecule has 3 rings (SSSR count). The predicted octanol–water partition coefficient (Wildman–Crippen LogP) is 1.00. The smallest absolute Gasteiger partial charge is 0.330 e. The van der Waals surface area contributed by atoms with Crippen LogP contribution in [0.15, 0.2) is 24.3 Å². The normalized spacial score (nSPS) is 32.3. The lowest BCUT2D eigenvalue weighted by Gasteiger charge is -2.55. The van der Waals surface area contributed by atoms with Crippen LogP contribution in [0.2, 0.25) is 0 Å². The molecule has 0 aliphatic heterocycles. The van der Waals surface area contributed by atoms with Crippen LogP contribution in [0.3, 0.4) is 0 Å². The van der Waals surface area contributed by atoms with Crippen LogP contribution in [-0.4, -0.2) is 68.9 Å². The van der Waals surface area contributed by atoms with Crippen molar-refractivity contribution in [2.45, 2.75) is 32.0 Å². The summed E-state index contributed by atoms with van der Waals surface area (Å²) >= 11 is 0. The average Bonchev–Trinajstić information content (AvgIpc) is 2.73. The highest BCUT2D eigenvalue weighted by Gasteiger charge is 2.71. The summed E-state index contributed by atoms with van der Waals surface area (Å²) in [4.78, 5) is 51.3. The Hall–Kier alpha value is -2.52. The number of carbonyl (C=O) groups is 4. The van der Waals surface area contributed by atoms with Gasteiger partial charge in [0.2, 0.25) is 5.78 Å². The van der Waals surface area contributed by atoms with E-state index >= 15 is 0 Å². The third-order valence-electron chi connectivity index (χ3n) is 5.49. The molecule has 9 heteroatoms. The van der Waals surface area contributed by atoms with Gasteiger partial charge in [0.1, 0.15) is 5.92 Å². The van der Waals surface area contributed by atoms with Crippen molar-refractivity contribution in [3.05, 3.63) is 24.3 Å². The van der Waals surface area contributed by atoms with Gasteiger partial charge in [-0.25, -0.2) is 4.79 Å². The maximum atomic E-state index is 13.6. The highest BCUT2D eigenvalue weighted by Crippen LogP contribution is 2.54. The van der Waals surface area contributed by atoms with Gasteiger partial charge in [0, 0.05) is 26.2 Å². The molecule has 2 bridgehead atoms. The number of fused-ring (bicyclic) bond motifs is 2. The molecule has 0 aromatic heterocycles. The summed E-state index contributed by atoms with van der Waals surface area (Å²) in [5.41, 5.74) is -3.56. The molecule has 3 aliphatic carbocycles. The van der Waals surface area contributed by atoms with Crippen LogP contribution < -0.4 is 0 Å². The largest absolute Gasteiger partial charge is 0.466 e. The van der Waals surface area contributed by atoms with Crippen LogP contribution in [0.5, 0.6) is 0 Å². The monoisotopic (exact) mass is 424 g/mol. The van der Waals surface area contributed by atoms with E-state index < -0.39 is 52.6 Å². The summed E-state index contributed by atoms with van der Waals surface area (Å²) < 4.78 is 26.4. The molecule has 3 aliphatic rings. The fourth-order valence-corrected chi connectivity index (χ4v) is 4.26. The summed E-state index contributed by atoms with van der Waals surface area (Å²) in [6, 6.07) is 0. The first-order chi connectivity index (χ1) is 14.3. The van der Waals surface area contributed by atoms with E-state index in [1.807, 2.05) is 0 Å². The van der Waals surface area contributed by atoms with Crippen molar-refractivity contribution in [1.29, 1.82) is 0 Å². The zero-order valence-electron chi connectivity index (χ0n) is 17.8. The fraction of sp³-hybridized carbons (Fsp3) is 0.619. The van der Waals surface area contributed by atoms with Crippen LogP contribution >= 0.6 is 0 Å². The molecule has 9 nitrogen and oxygen atoms in total. The topological polar surface area (TPSA) is 114 Å². The third kappa shape index (κ3) is 3.67. The molecule has 0 spiro atoms. The van der Waals surface area contributed by atoms with E-state index in [0.29, 0.717) is 0 Å². The molecule has 0 radical (unpaired) electrons. The first-order valence-electron chi connectivity index (χ1n) is 9.83. The van der Waals surface area contributed by atoms with Crippen LogP contribution in [0, 0.1) is 17.8 Å². The second-order valence-corrected chi connectivity index (χ2v) is 6.80. The molecule has 0 heterocycles. The number of rotatable bonds is 9. The van der Waals surface area contributed by atoms with E-state index in [1.54, 1.807) is 26.8 Å². The van der Waals surface area contributed by atoms with Gasteiger partial charge in [-0.05, 0) is 32.9 Å². The van der Waals surface area contributed by atoms with E-state index in [4.69, 9.17) is 23.7 Å². The molecule has 1 fully saturated rings. The summed E-state index contributed by atoms with van der Waals surface area (Å²) in [7, 11) is 2.55. The third-order valence-corrected chi connectivity index (χ3v) is 5.49. The Morgan fingerprint density at radius 3 is 2.10 bits per heavy atom. The van der Waals surface area contributed by atoms with E-state index in [1.165, 1.54) is 26.4 Å². The highest BCUT2D eigenvalue weighted by atomic mass is 16.6. The Kier molecular flexibility index (Phi) is 7.54. The first-order valence-corrected chi connectivity index (χ1v) is 9.83. The molecule has 0 unspecified atom stereocenters. The number of Topliss-reactive ketones (excluding diaryl/α,β-unsaturated/α-hetero) is 1. The fourth-order valence-electron chi connectivity index (χ4n) is 4.26. The lowest BCUT2D eigenvalue weighted by atomic mass is 9.52. The van der Waals surface area contributed by atoms with Crippen molar-refractivity contribution < 1.29 is 42.9 Å². The second kappa shape index (κ2) is 9.53. The Morgan fingerprint density at radius 1 is 0.967 bits per heavy atom. The van der Waals surface area contributed by atoms with Crippen molar-refractivity contribution in [3.8, 4) is 0 Å². The minimum absolute atomic E-state index is 0.0609. The van der Waals surface area contributed by atoms with Gasteiger partial charge >= 0.3 is 17.9 Å². The van der Waals surface area contributed by atoms with E-state index in [0.717, 1.165) is 6.08 Å². The van der Waals surface area contributed by atoms with Crippen molar-refractivity contribution in [3.63, 3.8) is 0 Å². The van der Waals surface area contributed by atoms with Crippen molar-refractivity contribution >= 4 is 23.7 Å². The van der Waals surface area contributed by atoms with Crippen LogP contribution in [0.4, 0.5) is 0 Å². The summed E-state index contributed by atoms with van der Waals surface area (Å²) in [5, 5.41) is 0. The Bertz CT molecular complexity index is 756. The molecular formula is C21H28O9. The predicted molar refractivity (Wildman–Crippen MR) is 103 cm³/mol. The Labute approximate surface area is 175 Å². The number of esters is 3. The number of methoxy groups -OCH3 is 2. The Morgan fingerprint density at radius 2 is 1.57 bits per heavy atom. The minimum atomic E-state index is -1.83. The van der Waals surface area contributed by atoms with Gasteiger partial charge in [-0.3, -0.25) is 14.4 Å². The molecule has 0 aromatic rings. The first kappa shape index (κ1) is 23.8. The van der Waals surface area contributed by atoms with Crippen LogP contribution in [0.1, 0.15) is 20.8 Å². The molecule has 0 N–H and O–H groups in total. The minimum Gasteiger partial charge on any atom is -0.466 e. The van der Waals surface area contributed by atoms with E-state index in [-0.39, 0.29) is 19.8 Å². The zero-order valence-corrected chi connectivity index (χ0v) is 17.8. The number of ketones is 1. The standard InChI is InChI=1S/C21H28O9/c1-6-28-14(22)10-12-20(26-4)13-9-11-21(27-5,19(20)25)16(18(24)30-8-3)15(13)17(23)29-7-2/h9-13,15-16H,6-8H2,1-5H3/b12-10+/t13-,15+,16+,20+,21-/m1/s1. The molecule has 1 saturated carbocycles. The molecule has 0 saturated heterocycles. The molecule has 30 heavy (non-hydrogen) atoms. The van der Waals surface area contributed by atoms with Crippen molar-refractivity contribution in [2.75, 3.05) is 34.0 Å². The molecule has 0 aromatic carbocycles. The van der Waals surface area contributed by atoms with Gasteiger partial charge < -0.3 is 23.7 Å². The lowest BCUT2D eigenvalue weighted by molar-refractivity contribution is -0.204. The summed E-state index contributed by atoms with van der Waals surface area (Å²) in [6.07, 6.45) is 5.36. The van der Waals surface area contributed by atoms with Crippen molar-refractivity contribution in [2.24, 2.45) is 17.8 Å². The molecule has 5 atom stereocenters. The lowest BCUT2D eigenvalue weighted by Crippen LogP contribution is -2.72. The quantitative estimate of drug-likeness (QED) is 0.231. The van der Waals surface area contributed by atoms with Crippen LogP contribution in [-0.2, 0) is 42.9 Å². The van der Waals surface area contributed by atoms with Gasteiger partial charge in [-0.2, -0.15) is 0 Å². The second-order valence-electron chi connectivity index (χ2n) is 6.80. The van der Waals surface area contributed by atoms with Gasteiger partial charge in [-0.15, -0.1) is 0 Å². The number of carbonyl (C=O) groups excluding carboxylic acids is 4. The van der Waals surface area contributed by atoms with E-state index in [2.05, 4.69) is 0 Å². The number of ether oxygens (including phenoxy) is 5. The van der Waals surface area contributed by atoms with Gasteiger partial charge in [-0.1, -0.05) is 6.08 Å². The Balaban J connectivity index is 2.67. The summed E-state index contributed by atoms with van der Waals surface area (Å²) in [5.74, 6) is -6.04. The van der Waals surface area contributed by atoms with Crippen molar-refractivity contribution in [1.82, 2.24) is 0 Å². The average molecular weight is 424 g/mol. The SMILES string of the molecule is CCOC(=O)/C=C/[C@@]1(OC)C(=O)[C@@]2(OC)C=C[C@@H]1[C@H](C(=O)OCC)[C@H]2C(=O)OCC. The van der Waals surface area contributed by atoms with Crippen LogP contribution in [0.25, 0.3) is 0 Å². The maximum absolute atomic E-state index is 13.6. The van der Waals surface area contributed by atoms with Gasteiger partial charge in [0.05, 0.1) is 25.7 Å². The zero-order chi connectivity index (χ0) is 22.5. The number of hydrogen-bond acceptors (Lipinski definition) is 9. The maximum Gasteiger partial charge on any atom is 0.330 e. The number of hydrogen-bond donors (Lipinski definition) is 0.